The van der Waals surface area contributed by atoms with E-state index < -0.39 is 5.91 Å². The summed E-state index contributed by atoms with van der Waals surface area (Å²) in [5.74, 6) is -0.712. The lowest BCUT2D eigenvalue weighted by atomic mass is 10.0. The van der Waals surface area contributed by atoms with Crippen molar-refractivity contribution in [3.63, 3.8) is 0 Å². The van der Waals surface area contributed by atoms with Gasteiger partial charge in [0.15, 0.2) is 0 Å². The number of carbonyl (C=O) groups is 1. The molecule has 2 N–H and O–H groups in total. The predicted octanol–water partition coefficient (Wildman–Crippen LogP) is 4.13. The van der Waals surface area contributed by atoms with Crippen molar-refractivity contribution in [2.75, 3.05) is 11.9 Å². The third kappa shape index (κ3) is 5.42. The third-order valence-electron chi connectivity index (χ3n) is 4.35. The topological polar surface area (TPSA) is 64.9 Å². The van der Waals surface area contributed by atoms with E-state index in [4.69, 9.17) is 0 Å². The quantitative estimate of drug-likeness (QED) is 0.420. The standard InChI is InChI=1S/C22H24FN3O/c1-3-16-9-7-10-17(4-2)21(16)26-22(27)19(14-24)15-25-13-12-18-8-5-6-11-20(18)23/h5-11,15,25H,3-4,12-13H2,1-2H3,(H,26,27)/b19-15-. The normalized spacial score (nSPS) is 11.0. The second-order valence-electron chi connectivity index (χ2n) is 6.08. The van der Waals surface area contributed by atoms with E-state index in [1.807, 2.05) is 38.1 Å². The molecule has 0 saturated carbocycles. The van der Waals surface area contributed by atoms with Crippen LogP contribution in [0.5, 0.6) is 0 Å². The van der Waals surface area contributed by atoms with Crippen molar-refractivity contribution in [3.8, 4) is 6.07 Å². The van der Waals surface area contributed by atoms with Crippen LogP contribution < -0.4 is 10.6 Å². The number of nitriles is 1. The molecule has 0 unspecified atom stereocenters. The predicted molar refractivity (Wildman–Crippen MR) is 106 cm³/mol. The van der Waals surface area contributed by atoms with Crippen LogP contribution in [0.3, 0.4) is 0 Å². The van der Waals surface area contributed by atoms with Gasteiger partial charge in [-0.15, -0.1) is 0 Å². The van der Waals surface area contributed by atoms with Crippen LogP contribution in [0.1, 0.15) is 30.5 Å². The molecule has 2 aromatic carbocycles. The van der Waals surface area contributed by atoms with Gasteiger partial charge in [-0.25, -0.2) is 4.39 Å². The molecule has 4 nitrogen and oxygen atoms in total. The fourth-order valence-corrected chi connectivity index (χ4v) is 2.81. The van der Waals surface area contributed by atoms with Crippen LogP contribution in [0.25, 0.3) is 0 Å². The number of hydrogen-bond donors (Lipinski definition) is 2. The molecule has 140 valence electrons. The van der Waals surface area contributed by atoms with E-state index in [2.05, 4.69) is 10.6 Å². The second-order valence-corrected chi connectivity index (χ2v) is 6.08. The Bertz CT molecular complexity index is 846. The van der Waals surface area contributed by atoms with E-state index >= 15 is 0 Å². The van der Waals surface area contributed by atoms with Crippen molar-refractivity contribution in [3.05, 3.63) is 76.7 Å². The van der Waals surface area contributed by atoms with Crippen LogP contribution in [-0.4, -0.2) is 12.5 Å². The minimum Gasteiger partial charge on any atom is -0.389 e. The number of halogens is 1. The monoisotopic (exact) mass is 365 g/mol. The van der Waals surface area contributed by atoms with Crippen molar-refractivity contribution in [1.29, 1.82) is 5.26 Å². The van der Waals surface area contributed by atoms with Crippen LogP contribution in [0.2, 0.25) is 0 Å². The molecule has 0 aliphatic rings. The molecular weight excluding hydrogens is 341 g/mol. The summed E-state index contributed by atoms with van der Waals surface area (Å²) < 4.78 is 13.6. The first-order valence-corrected chi connectivity index (χ1v) is 9.09. The Labute approximate surface area is 159 Å². The lowest BCUT2D eigenvalue weighted by Crippen LogP contribution is -2.19. The summed E-state index contributed by atoms with van der Waals surface area (Å²) in [7, 11) is 0. The van der Waals surface area contributed by atoms with Crippen LogP contribution >= 0.6 is 0 Å². The molecule has 0 heterocycles. The summed E-state index contributed by atoms with van der Waals surface area (Å²) in [6, 6.07) is 14.4. The summed E-state index contributed by atoms with van der Waals surface area (Å²) in [5.41, 5.74) is 3.42. The van der Waals surface area contributed by atoms with Gasteiger partial charge in [0.25, 0.3) is 5.91 Å². The SMILES string of the molecule is CCc1cccc(CC)c1NC(=O)/C(C#N)=C\NCCc1ccccc1F. The fourth-order valence-electron chi connectivity index (χ4n) is 2.81. The molecule has 1 amide bonds. The molecule has 0 spiro atoms. The highest BCUT2D eigenvalue weighted by atomic mass is 19.1. The highest BCUT2D eigenvalue weighted by molar-refractivity contribution is 6.07. The van der Waals surface area contributed by atoms with Gasteiger partial charge in [0.05, 0.1) is 0 Å². The molecular formula is C22H24FN3O. The molecule has 0 aliphatic heterocycles. The summed E-state index contributed by atoms with van der Waals surface area (Å²) >= 11 is 0. The molecule has 0 aliphatic carbocycles. The van der Waals surface area contributed by atoms with Crippen molar-refractivity contribution in [1.82, 2.24) is 5.32 Å². The average molecular weight is 365 g/mol. The number of carbonyl (C=O) groups excluding carboxylic acids is 1. The van der Waals surface area contributed by atoms with Crippen molar-refractivity contribution in [2.45, 2.75) is 33.1 Å². The highest BCUT2D eigenvalue weighted by Gasteiger charge is 2.13. The van der Waals surface area contributed by atoms with Gasteiger partial charge in [0, 0.05) is 18.4 Å². The number of benzene rings is 2. The van der Waals surface area contributed by atoms with Crippen LogP contribution in [0.15, 0.2) is 54.2 Å². The zero-order valence-corrected chi connectivity index (χ0v) is 15.7. The van der Waals surface area contributed by atoms with E-state index in [1.165, 1.54) is 12.3 Å². The number of rotatable bonds is 8. The van der Waals surface area contributed by atoms with E-state index in [0.717, 1.165) is 29.7 Å². The van der Waals surface area contributed by atoms with Gasteiger partial charge in [0.2, 0.25) is 0 Å². The molecule has 0 atom stereocenters. The number of amides is 1. The summed E-state index contributed by atoms with van der Waals surface area (Å²) in [5, 5.41) is 15.1. The summed E-state index contributed by atoms with van der Waals surface area (Å²) in [6.07, 6.45) is 3.42. The van der Waals surface area contributed by atoms with E-state index in [0.29, 0.717) is 18.5 Å². The summed E-state index contributed by atoms with van der Waals surface area (Å²) in [6.45, 7) is 4.47. The number of para-hydroxylation sites is 1. The first kappa shape index (κ1) is 20.2. The van der Waals surface area contributed by atoms with Crippen LogP contribution in [0, 0.1) is 17.1 Å². The van der Waals surface area contributed by atoms with Gasteiger partial charge in [-0.05, 0) is 42.0 Å². The molecule has 2 rings (SSSR count). The molecule has 0 aromatic heterocycles. The Hall–Kier alpha value is -3.13. The van der Waals surface area contributed by atoms with Gasteiger partial charge in [-0.2, -0.15) is 5.26 Å². The summed E-state index contributed by atoms with van der Waals surface area (Å²) in [4.78, 5) is 12.5. The maximum atomic E-state index is 13.6. The Morgan fingerprint density at radius 2 is 1.70 bits per heavy atom. The molecule has 27 heavy (non-hydrogen) atoms. The largest absolute Gasteiger partial charge is 0.389 e. The zero-order chi connectivity index (χ0) is 19.6. The number of aryl methyl sites for hydroxylation is 2. The van der Waals surface area contributed by atoms with E-state index in [1.54, 1.807) is 18.2 Å². The van der Waals surface area contributed by atoms with Gasteiger partial charge < -0.3 is 10.6 Å². The Morgan fingerprint density at radius 1 is 1.07 bits per heavy atom. The molecule has 2 aromatic rings. The third-order valence-corrected chi connectivity index (χ3v) is 4.35. The Kier molecular flexibility index (Phi) is 7.57. The molecule has 0 saturated heterocycles. The first-order valence-electron chi connectivity index (χ1n) is 9.09. The Balaban J connectivity index is 2.03. The smallest absolute Gasteiger partial charge is 0.267 e. The average Bonchev–Trinajstić information content (AvgIpc) is 2.69. The molecule has 0 fully saturated rings. The molecule has 0 radical (unpaired) electrons. The zero-order valence-electron chi connectivity index (χ0n) is 15.7. The van der Waals surface area contributed by atoms with E-state index in [-0.39, 0.29) is 11.4 Å². The van der Waals surface area contributed by atoms with Crippen LogP contribution in [0.4, 0.5) is 10.1 Å². The molecule has 0 bridgehead atoms. The van der Waals surface area contributed by atoms with Gasteiger partial charge in [-0.3, -0.25) is 4.79 Å². The van der Waals surface area contributed by atoms with Gasteiger partial charge in [0.1, 0.15) is 17.5 Å². The number of nitrogens with zero attached hydrogens (tertiary/aromatic N) is 1. The van der Waals surface area contributed by atoms with Crippen molar-refractivity contribution >= 4 is 11.6 Å². The van der Waals surface area contributed by atoms with Gasteiger partial charge >= 0.3 is 0 Å². The minimum absolute atomic E-state index is 0.0171. The van der Waals surface area contributed by atoms with Crippen LogP contribution in [-0.2, 0) is 24.1 Å². The lowest BCUT2D eigenvalue weighted by Gasteiger charge is -2.14. The maximum absolute atomic E-state index is 13.6. The van der Waals surface area contributed by atoms with Crippen molar-refractivity contribution < 1.29 is 9.18 Å². The first-order chi connectivity index (χ1) is 13.1. The number of hydrogen-bond acceptors (Lipinski definition) is 3. The van der Waals surface area contributed by atoms with Gasteiger partial charge in [-0.1, -0.05) is 50.2 Å². The Morgan fingerprint density at radius 3 is 2.30 bits per heavy atom. The minimum atomic E-state index is -0.452. The van der Waals surface area contributed by atoms with E-state index in [9.17, 15) is 14.4 Å². The maximum Gasteiger partial charge on any atom is 0.267 e. The fraction of sp³-hybridized carbons (Fsp3) is 0.273. The number of anilines is 1. The molecule has 5 heteroatoms. The second kappa shape index (κ2) is 10.1. The lowest BCUT2D eigenvalue weighted by molar-refractivity contribution is -0.112. The highest BCUT2D eigenvalue weighted by Crippen LogP contribution is 2.23. The van der Waals surface area contributed by atoms with Crippen molar-refractivity contribution in [2.24, 2.45) is 0 Å². The number of nitrogens with one attached hydrogen (secondary N) is 2.